The fourth-order valence-corrected chi connectivity index (χ4v) is 0. The van der Waals surface area contributed by atoms with Gasteiger partial charge in [-0.05, 0) is 27.7 Å². The van der Waals surface area contributed by atoms with Gasteiger partial charge in [-0.2, -0.15) is 0 Å². The van der Waals surface area contributed by atoms with Crippen LogP contribution in [0.3, 0.4) is 0 Å². The van der Waals surface area contributed by atoms with Gasteiger partial charge in [-0.15, -0.1) is 0 Å². The Bertz CT molecular complexity index is 41.8. The lowest BCUT2D eigenvalue weighted by Crippen LogP contribution is -2.11. The van der Waals surface area contributed by atoms with E-state index in [0.717, 1.165) is 0 Å². The summed E-state index contributed by atoms with van der Waals surface area (Å²) in [5.41, 5.74) is 9.81. The molecule has 0 amide bonds. The van der Waals surface area contributed by atoms with Crippen molar-refractivity contribution in [2.45, 2.75) is 27.7 Å². The highest BCUT2D eigenvalue weighted by Crippen LogP contribution is 1.31. The minimum absolute atomic E-state index is 0.250. The molecule has 0 aliphatic rings. The van der Waals surface area contributed by atoms with Crippen LogP contribution in [0, 0.1) is 0 Å². The summed E-state index contributed by atoms with van der Waals surface area (Å²) >= 11 is 0. The quantitative estimate of drug-likeness (QED) is 0.347. The van der Waals surface area contributed by atoms with E-state index in [9.17, 15) is 0 Å². The molecule has 0 aliphatic heterocycles. The van der Waals surface area contributed by atoms with Gasteiger partial charge in [0.25, 0.3) is 0 Å². The van der Waals surface area contributed by atoms with Crippen LogP contribution in [-0.4, -0.2) is 59.9 Å². The van der Waals surface area contributed by atoms with Gasteiger partial charge in [-0.3, -0.25) is 0 Å². The molecule has 0 bridgehead atoms. The molecule has 6 heteroatoms. The van der Waals surface area contributed by atoms with Crippen molar-refractivity contribution in [1.82, 2.24) is 0 Å². The first-order chi connectivity index (χ1) is 7.57. The average Bonchev–Trinajstić information content (AvgIpc) is 2.22. The number of hydrogen-bond acceptors (Lipinski definition) is 6. The summed E-state index contributed by atoms with van der Waals surface area (Å²) in [7, 11) is 0. The Hall–Kier alpha value is -0.240. The van der Waals surface area contributed by atoms with Gasteiger partial charge in [-0.1, -0.05) is 0 Å². The molecule has 0 radical (unpaired) electrons. The minimum Gasteiger partial charge on any atom is -0.397 e. The zero-order valence-electron chi connectivity index (χ0n) is 11.2. The molecule has 106 valence electrons. The minimum atomic E-state index is 0.250. The summed E-state index contributed by atoms with van der Waals surface area (Å²) in [5.74, 6) is 0. The third-order valence-corrected chi connectivity index (χ3v) is 0.167. The van der Waals surface area contributed by atoms with Gasteiger partial charge in [0.1, 0.15) is 0 Å². The van der Waals surface area contributed by atoms with E-state index in [4.69, 9.17) is 31.9 Å². The van der Waals surface area contributed by atoms with E-state index in [0.29, 0.717) is 13.1 Å². The molecule has 16 heavy (non-hydrogen) atoms. The molecule has 0 spiro atoms. The molecule has 6 nitrogen and oxygen atoms in total. The highest BCUT2D eigenvalue weighted by Gasteiger charge is 1.54. The summed E-state index contributed by atoms with van der Waals surface area (Å²) in [6, 6.07) is 0. The second-order valence-corrected chi connectivity index (χ2v) is 1.84. The molecule has 8 N–H and O–H groups in total. The summed E-state index contributed by atoms with van der Waals surface area (Å²) in [4.78, 5) is 0. The van der Waals surface area contributed by atoms with Crippen LogP contribution < -0.4 is 11.5 Å². The molecule has 0 aromatic heterocycles. The van der Waals surface area contributed by atoms with Crippen molar-refractivity contribution in [3.8, 4) is 0 Å². The highest BCUT2D eigenvalue weighted by atomic mass is 16.3. The molecular formula is C10H32N2O4. The van der Waals surface area contributed by atoms with Gasteiger partial charge in [-0.25, -0.2) is 0 Å². The Balaban J connectivity index is -0.0000000317. The first-order valence-corrected chi connectivity index (χ1v) is 5.41. The van der Waals surface area contributed by atoms with E-state index in [-0.39, 0.29) is 26.4 Å². The highest BCUT2D eigenvalue weighted by molar-refractivity contribution is 4.26. The lowest BCUT2D eigenvalue weighted by Gasteiger charge is -1.72. The Morgan fingerprint density at radius 3 is 0.625 bits per heavy atom. The van der Waals surface area contributed by atoms with Gasteiger partial charge in [0, 0.05) is 39.5 Å². The summed E-state index contributed by atoms with van der Waals surface area (Å²) < 4.78 is 0. The Kier molecular flexibility index (Phi) is 156. The van der Waals surface area contributed by atoms with Crippen molar-refractivity contribution in [2.24, 2.45) is 11.5 Å². The van der Waals surface area contributed by atoms with Crippen LogP contribution in [0.2, 0.25) is 0 Å². The number of rotatable bonds is 1. The molecule has 0 aliphatic carbocycles. The van der Waals surface area contributed by atoms with Gasteiger partial charge >= 0.3 is 0 Å². The average molecular weight is 244 g/mol. The molecule has 0 saturated heterocycles. The largest absolute Gasteiger partial charge is 0.397 e. The topological polar surface area (TPSA) is 133 Å². The van der Waals surface area contributed by atoms with E-state index in [1.807, 2.05) is 0 Å². The van der Waals surface area contributed by atoms with E-state index in [2.05, 4.69) is 0 Å². The van der Waals surface area contributed by atoms with Crippen molar-refractivity contribution < 1.29 is 20.4 Å². The van der Waals surface area contributed by atoms with Crippen LogP contribution in [-0.2, 0) is 0 Å². The fraction of sp³-hybridized carbons (Fsp3) is 1.00. The van der Waals surface area contributed by atoms with Crippen molar-refractivity contribution in [3.63, 3.8) is 0 Å². The van der Waals surface area contributed by atoms with Crippen molar-refractivity contribution in [3.05, 3.63) is 0 Å². The maximum absolute atomic E-state index is 7.57. The fourth-order valence-electron chi connectivity index (χ4n) is 0. The Morgan fingerprint density at radius 2 is 0.625 bits per heavy atom. The second kappa shape index (κ2) is 84.2. The van der Waals surface area contributed by atoms with E-state index in [1.54, 1.807) is 27.7 Å². The first-order valence-electron chi connectivity index (χ1n) is 5.41. The van der Waals surface area contributed by atoms with Crippen LogP contribution in [0.4, 0.5) is 0 Å². The van der Waals surface area contributed by atoms with E-state index >= 15 is 0 Å². The monoisotopic (exact) mass is 244 g/mol. The second-order valence-electron chi connectivity index (χ2n) is 1.84. The SMILES string of the molecule is CCO.CCO.CCO.CCO.NCCN. The maximum atomic E-state index is 7.57. The lowest BCUT2D eigenvalue weighted by atomic mass is 10.7. The van der Waals surface area contributed by atoms with Gasteiger partial charge in [0.05, 0.1) is 0 Å². The molecule has 0 atom stereocenters. The molecule has 0 rings (SSSR count). The summed E-state index contributed by atoms with van der Waals surface area (Å²) in [6.07, 6.45) is 0. The van der Waals surface area contributed by atoms with Crippen molar-refractivity contribution >= 4 is 0 Å². The Labute approximate surface area is 99.9 Å². The van der Waals surface area contributed by atoms with Gasteiger partial charge in [0.2, 0.25) is 0 Å². The van der Waals surface area contributed by atoms with Crippen LogP contribution >= 0.6 is 0 Å². The number of aliphatic hydroxyl groups excluding tert-OH is 4. The smallest absolute Gasteiger partial charge is 0.0402 e. The van der Waals surface area contributed by atoms with E-state index in [1.165, 1.54) is 0 Å². The molecule has 0 aromatic rings. The van der Waals surface area contributed by atoms with E-state index < -0.39 is 0 Å². The number of hydrogen-bond donors (Lipinski definition) is 6. The van der Waals surface area contributed by atoms with Gasteiger partial charge < -0.3 is 31.9 Å². The molecule has 0 heterocycles. The predicted octanol–water partition coefficient (Wildman–Crippen LogP) is -1.10. The first kappa shape index (κ1) is 29.7. The molecule has 0 aromatic carbocycles. The molecular weight excluding hydrogens is 212 g/mol. The van der Waals surface area contributed by atoms with Gasteiger partial charge in [0.15, 0.2) is 0 Å². The van der Waals surface area contributed by atoms with Crippen LogP contribution in [0.1, 0.15) is 27.7 Å². The maximum Gasteiger partial charge on any atom is 0.0402 e. The van der Waals surface area contributed by atoms with Crippen LogP contribution in [0.15, 0.2) is 0 Å². The Morgan fingerprint density at radius 1 is 0.562 bits per heavy atom. The third kappa shape index (κ3) is 3880. The molecule has 0 unspecified atom stereocenters. The number of aliphatic hydroxyl groups is 4. The summed E-state index contributed by atoms with van der Waals surface area (Å²) in [6.45, 7) is 8.92. The van der Waals surface area contributed by atoms with Crippen molar-refractivity contribution in [2.75, 3.05) is 39.5 Å². The lowest BCUT2D eigenvalue weighted by molar-refractivity contribution is 0.318. The summed E-state index contributed by atoms with van der Waals surface area (Å²) in [5, 5.41) is 30.3. The number of nitrogens with two attached hydrogens (primary N) is 2. The van der Waals surface area contributed by atoms with Crippen molar-refractivity contribution in [1.29, 1.82) is 0 Å². The molecule has 0 saturated carbocycles. The van der Waals surface area contributed by atoms with Crippen LogP contribution in [0.5, 0.6) is 0 Å². The molecule has 0 fully saturated rings. The predicted molar refractivity (Wildman–Crippen MR) is 69.1 cm³/mol. The zero-order valence-corrected chi connectivity index (χ0v) is 11.2. The third-order valence-electron chi connectivity index (χ3n) is 0.167. The normalized spacial score (nSPS) is 6.38. The standard InChI is InChI=1S/C2H8N2.4C2H6O/c3-1-2-4;4*1-2-3/h1-4H2;4*3H,2H2,1H3. The van der Waals surface area contributed by atoms with Crippen LogP contribution in [0.25, 0.3) is 0 Å². The zero-order chi connectivity index (χ0) is 14.2.